The van der Waals surface area contributed by atoms with Crippen molar-refractivity contribution in [3.05, 3.63) is 106 Å². The number of carboxylic acid groups (broad SMARTS) is 2. The van der Waals surface area contributed by atoms with Crippen LogP contribution in [0.1, 0.15) is 40.9 Å². The van der Waals surface area contributed by atoms with Crippen LogP contribution in [-0.4, -0.2) is 57.2 Å². The number of aliphatic imine (C=N–C) groups is 1. The van der Waals surface area contributed by atoms with Crippen molar-refractivity contribution in [2.75, 3.05) is 6.54 Å². The molecule has 0 saturated heterocycles. The first-order valence-electron chi connectivity index (χ1n) is 11.7. The fraction of sp³-hybridized carbons (Fsp3) is 0.222. The third-order valence-electron chi connectivity index (χ3n) is 5.35. The molecule has 0 saturated carbocycles. The molecule has 0 aliphatic heterocycles. The molecule has 1 heterocycles. The molecule has 3 aromatic rings. The van der Waals surface area contributed by atoms with E-state index in [1.807, 2.05) is 60.7 Å². The second-order valence-electron chi connectivity index (χ2n) is 8.34. The highest BCUT2D eigenvalue weighted by atomic mass is 19.4. The molecule has 212 valence electrons. The van der Waals surface area contributed by atoms with Crippen LogP contribution in [-0.2, 0) is 9.59 Å². The van der Waals surface area contributed by atoms with E-state index >= 15 is 0 Å². The number of nitrogens with zero attached hydrogens (tertiary/aromatic N) is 2. The minimum Gasteiger partial charge on any atom is -0.480 e. The molecule has 40 heavy (non-hydrogen) atoms. The van der Waals surface area contributed by atoms with Crippen LogP contribution in [0.5, 0.6) is 0 Å². The van der Waals surface area contributed by atoms with Crippen molar-refractivity contribution >= 4 is 23.7 Å². The molecule has 0 spiro atoms. The molecule has 0 radical (unpaired) electrons. The summed E-state index contributed by atoms with van der Waals surface area (Å²) < 4.78 is 33.2. The molecular formula is C27H27F3N4O6. The second kappa shape index (κ2) is 14.3. The Hall–Kier alpha value is -4.94. The number of pyridine rings is 1. The Kier molecular flexibility index (Phi) is 11.2. The number of amides is 1. The van der Waals surface area contributed by atoms with Gasteiger partial charge in [-0.1, -0.05) is 60.7 Å². The summed E-state index contributed by atoms with van der Waals surface area (Å²) in [5, 5.41) is 19.0. The monoisotopic (exact) mass is 560 g/mol. The topological polar surface area (TPSA) is 164 Å². The van der Waals surface area contributed by atoms with E-state index in [1.165, 1.54) is 10.6 Å². The fourth-order valence-corrected chi connectivity index (χ4v) is 3.53. The van der Waals surface area contributed by atoms with E-state index in [-0.39, 0.29) is 18.5 Å². The summed E-state index contributed by atoms with van der Waals surface area (Å²) in [6.07, 6.45) is -3.41. The number of nitrogens with one attached hydrogen (secondary N) is 1. The van der Waals surface area contributed by atoms with E-state index in [0.29, 0.717) is 5.84 Å². The van der Waals surface area contributed by atoms with Crippen LogP contribution in [0.3, 0.4) is 0 Å². The maximum absolute atomic E-state index is 13.4. The Morgan fingerprint density at radius 2 is 1.45 bits per heavy atom. The molecule has 0 aliphatic carbocycles. The Morgan fingerprint density at radius 3 is 1.88 bits per heavy atom. The lowest BCUT2D eigenvalue weighted by Gasteiger charge is -2.22. The molecule has 1 atom stereocenters. The Labute approximate surface area is 226 Å². The van der Waals surface area contributed by atoms with Crippen LogP contribution in [0.2, 0.25) is 0 Å². The summed E-state index contributed by atoms with van der Waals surface area (Å²) in [6.45, 7) is 1.74. The third-order valence-corrected chi connectivity index (χ3v) is 5.35. The van der Waals surface area contributed by atoms with Gasteiger partial charge in [-0.15, -0.1) is 0 Å². The summed E-state index contributed by atoms with van der Waals surface area (Å²) in [4.78, 5) is 50.7. The van der Waals surface area contributed by atoms with Gasteiger partial charge in [-0.05, 0) is 36.6 Å². The van der Waals surface area contributed by atoms with Gasteiger partial charge in [0.05, 0.1) is 11.9 Å². The Bertz CT molecular complexity index is 1350. The minimum absolute atomic E-state index is 0.0489. The number of benzene rings is 2. The molecule has 5 N–H and O–H groups in total. The van der Waals surface area contributed by atoms with E-state index in [2.05, 4.69) is 10.3 Å². The smallest absolute Gasteiger partial charge is 0.480 e. The number of carboxylic acids is 2. The average molecular weight is 561 g/mol. The zero-order valence-corrected chi connectivity index (χ0v) is 21.2. The first kappa shape index (κ1) is 31.3. The molecule has 0 unspecified atom stereocenters. The van der Waals surface area contributed by atoms with Gasteiger partial charge in [0.15, 0.2) is 0 Å². The predicted molar refractivity (Wildman–Crippen MR) is 140 cm³/mol. The number of alkyl halides is 3. The zero-order valence-electron chi connectivity index (χ0n) is 21.2. The number of aliphatic carboxylic acids is 2. The van der Waals surface area contributed by atoms with Crippen molar-refractivity contribution in [3.8, 4) is 0 Å². The summed E-state index contributed by atoms with van der Waals surface area (Å²) >= 11 is 0. The number of amidine groups is 1. The molecule has 1 aromatic heterocycles. The standard InChI is InChI=1S/C25H26N4O4.C2HF3O2/c1-17(26)27-15-14-21(25(32)33)28-23(30)20-13-8-16-29(24(20)31)22(18-9-4-2-5-10-18)19-11-6-3-7-12-19;3-2(4,5)1(6)7/h2-13,16,21-22H,14-15H2,1H3,(H2,26,27)(H,28,30)(H,32,33);(H,6,7)/t21-;/m0./s1. The van der Waals surface area contributed by atoms with E-state index in [9.17, 15) is 32.7 Å². The molecule has 0 fully saturated rings. The summed E-state index contributed by atoms with van der Waals surface area (Å²) in [7, 11) is 0. The quantitative estimate of drug-likeness (QED) is 0.231. The SMILES string of the molecule is CC(N)=NCC[C@H](NC(=O)c1cccn(C(c2ccccc2)c2ccccc2)c1=O)C(=O)O.O=C(O)C(F)(F)F. The van der Waals surface area contributed by atoms with Crippen LogP contribution in [0.4, 0.5) is 13.2 Å². The average Bonchev–Trinajstić information content (AvgIpc) is 2.90. The number of hydrogen-bond donors (Lipinski definition) is 4. The van der Waals surface area contributed by atoms with Gasteiger partial charge in [-0.25, -0.2) is 9.59 Å². The molecule has 13 heteroatoms. The van der Waals surface area contributed by atoms with Gasteiger partial charge in [0.2, 0.25) is 0 Å². The number of carbonyl (C=O) groups excluding carboxylic acids is 1. The van der Waals surface area contributed by atoms with Crippen LogP contribution in [0, 0.1) is 0 Å². The molecule has 2 aromatic carbocycles. The Morgan fingerprint density at radius 1 is 0.950 bits per heavy atom. The zero-order chi connectivity index (χ0) is 29.9. The normalized spacial score (nSPS) is 12.2. The minimum atomic E-state index is -5.08. The van der Waals surface area contributed by atoms with Gasteiger partial charge < -0.3 is 25.8 Å². The van der Waals surface area contributed by atoms with E-state index in [1.54, 1.807) is 19.2 Å². The Balaban J connectivity index is 0.000000708. The molecule has 0 bridgehead atoms. The molecule has 0 aliphatic rings. The summed E-state index contributed by atoms with van der Waals surface area (Å²) in [6, 6.07) is 20.3. The van der Waals surface area contributed by atoms with Gasteiger partial charge in [0.25, 0.3) is 11.5 Å². The van der Waals surface area contributed by atoms with E-state index < -0.39 is 41.7 Å². The van der Waals surface area contributed by atoms with Crippen LogP contribution < -0.4 is 16.6 Å². The predicted octanol–water partition coefficient (Wildman–Crippen LogP) is 3.07. The molecule has 1 amide bonds. The highest BCUT2D eigenvalue weighted by Gasteiger charge is 2.38. The van der Waals surface area contributed by atoms with Gasteiger partial charge >= 0.3 is 18.1 Å². The number of carbonyl (C=O) groups is 3. The molecule has 10 nitrogen and oxygen atoms in total. The maximum Gasteiger partial charge on any atom is 0.490 e. The number of rotatable bonds is 9. The van der Waals surface area contributed by atoms with Gasteiger partial charge in [-0.3, -0.25) is 14.6 Å². The van der Waals surface area contributed by atoms with Crippen molar-refractivity contribution < 1.29 is 37.8 Å². The van der Waals surface area contributed by atoms with Gasteiger partial charge in [-0.2, -0.15) is 13.2 Å². The van der Waals surface area contributed by atoms with Crippen molar-refractivity contribution in [3.63, 3.8) is 0 Å². The first-order chi connectivity index (χ1) is 18.8. The lowest BCUT2D eigenvalue weighted by atomic mass is 9.98. The van der Waals surface area contributed by atoms with Crippen molar-refractivity contribution in [2.45, 2.75) is 31.6 Å². The lowest BCUT2D eigenvalue weighted by Crippen LogP contribution is -2.44. The van der Waals surface area contributed by atoms with Gasteiger partial charge in [0, 0.05) is 12.7 Å². The third kappa shape index (κ3) is 9.11. The van der Waals surface area contributed by atoms with Crippen LogP contribution >= 0.6 is 0 Å². The number of halogens is 3. The second-order valence-corrected chi connectivity index (χ2v) is 8.34. The maximum atomic E-state index is 13.4. The van der Waals surface area contributed by atoms with E-state index in [4.69, 9.17) is 15.6 Å². The summed E-state index contributed by atoms with van der Waals surface area (Å²) in [5.41, 5.74) is 6.57. The van der Waals surface area contributed by atoms with Crippen molar-refractivity contribution in [2.24, 2.45) is 10.7 Å². The van der Waals surface area contributed by atoms with Crippen LogP contribution in [0.15, 0.2) is 88.8 Å². The lowest BCUT2D eigenvalue weighted by molar-refractivity contribution is -0.192. The number of aromatic nitrogens is 1. The number of hydrogen-bond acceptors (Lipinski definition) is 5. The molecule has 3 rings (SSSR count). The fourth-order valence-electron chi connectivity index (χ4n) is 3.53. The first-order valence-corrected chi connectivity index (χ1v) is 11.7. The van der Waals surface area contributed by atoms with Crippen molar-refractivity contribution in [1.82, 2.24) is 9.88 Å². The van der Waals surface area contributed by atoms with E-state index in [0.717, 1.165) is 11.1 Å². The molecular weight excluding hydrogens is 533 g/mol. The number of nitrogens with two attached hydrogens (primary N) is 1. The van der Waals surface area contributed by atoms with Gasteiger partial charge in [0.1, 0.15) is 11.6 Å². The van der Waals surface area contributed by atoms with Crippen LogP contribution in [0.25, 0.3) is 0 Å². The highest BCUT2D eigenvalue weighted by Crippen LogP contribution is 2.25. The highest BCUT2D eigenvalue weighted by molar-refractivity contribution is 5.96. The summed E-state index contributed by atoms with van der Waals surface area (Å²) in [5.74, 6) is -4.40. The largest absolute Gasteiger partial charge is 0.490 e. The van der Waals surface area contributed by atoms with Crippen molar-refractivity contribution in [1.29, 1.82) is 0 Å².